The molecule has 0 saturated heterocycles. The highest BCUT2D eigenvalue weighted by Crippen LogP contribution is 2.22. The number of rotatable bonds is 6. The molecule has 0 aliphatic rings. The summed E-state index contributed by atoms with van der Waals surface area (Å²) in [6, 6.07) is 18.7. The molecule has 0 unspecified atom stereocenters. The van der Waals surface area contributed by atoms with Crippen LogP contribution in [0.2, 0.25) is 0 Å². The lowest BCUT2D eigenvalue weighted by molar-refractivity contribution is -0.109. The van der Waals surface area contributed by atoms with E-state index >= 15 is 0 Å². The third-order valence-corrected chi connectivity index (χ3v) is 6.11. The number of thioether (sulfide) groups is 1. The molecule has 3 rings (SSSR count). The van der Waals surface area contributed by atoms with E-state index in [9.17, 15) is 18.0 Å². The molecule has 0 bridgehead atoms. The van der Waals surface area contributed by atoms with Crippen molar-refractivity contribution in [2.75, 3.05) is 10.5 Å². The van der Waals surface area contributed by atoms with Crippen molar-refractivity contribution >= 4 is 49.1 Å². The van der Waals surface area contributed by atoms with Gasteiger partial charge in [0, 0.05) is 18.2 Å². The maximum atomic E-state index is 12.6. The summed E-state index contributed by atoms with van der Waals surface area (Å²) < 4.78 is 27.7. The van der Waals surface area contributed by atoms with Crippen LogP contribution in [0.5, 0.6) is 0 Å². The number of hydrogen-bond acceptors (Lipinski definition) is 5. The monoisotopic (exact) mass is 399 g/mol. The molecular formula is C20H17NO4S2. The molecule has 3 aromatic rings. The number of benzene rings is 3. The maximum absolute atomic E-state index is 12.6. The number of ketones is 1. The molecule has 27 heavy (non-hydrogen) atoms. The average Bonchev–Trinajstić information content (AvgIpc) is 2.65. The van der Waals surface area contributed by atoms with E-state index in [1.807, 2.05) is 30.3 Å². The van der Waals surface area contributed by atoms with E-state index in [2.05, 4.69) is 4.72 Å². The number of anilines is 1. The van der Waals surface area contributed by atoms with Crippen molar-refractivity contribution in [3.05, 3.63) is 72.3 Å². The number of carbonyl (C=O) groups excluding carboxylic acids is 2. The van der Waals surface area contributed by atoms with Gasteiger partial charge >= 0.3 is 0 Å². The van der Waals surface area contributed by atoms with Crippen molar-refractivity contribution in [1.82, 2.24) is 0 Å². The van der Waals surface area contributed by atoms with Crippen LogP contribution >= 0.6 is 11.8 Å². The molecule has 1 N–H and O–H groups in total. The van der Waals surface area contributed by atoms with Gasteiger partial charge in [0.05, 0.1) is 10.6 Å². The Labute approximate surface area is 161 Å². The van der Waals surface area contributed by atoms with Crippen LogP contribution in [-0.4, -0.2) is 25.1 Å². The van der Waals surface area contributed by atoms with E-state index in [0.717, 1.165) is 22.5 Å². The van der Waals surface area contributed by atoms with Crippen LogP contribution in [0.3, 0.4) is 0 Å². The molecule has 0 aliphatic heterocycles. The van der Waals surface area contributed by atoms with Crippen molar-refractivity contribution in [2.24, 2.45) is 0 Å². The summed E-state index contributed by atoms with van der Waals surface area (Å²) in [5.41, 5.74) is 0.833. The summed E-state index contributed by atoms with van der Waals surface area (Å²) in [5.74, 6) is -0.182. The Bertz CT molecular complexity index is 1110. The molecule has 0 aromatic heterocycles. The molecule has 0 saturated carbocycles. The Morgan fingerprint density at radius 3 is 2.26 bits per heavy atom. The van der Waals surface area contributed by atoms with Crippen LogP contribution in [0.4, 0.5) is 5.69 Å². The van der Waals surface area contributed by atoms with E-state index in [0.29, 0.717) is 11.3 Å². The van der Waals surface area contributed by atoms with Gasteiger partial charge in [-0.2, -0.15) is 0 Å². The Morgan fingerprint density at radius 1 is 0.926 bits per heavy atom. The molecular weight excluding hydrogens is 382 g/mol. The topological polar surface area (TPSA) is 80.3 Å². The predicted octanol–water partition coefficient (Wildman–Crippen LogP) is 4.10. The quantitative estimate of drug-likeness (QED) is 0.631. The number of fused-ring (bicyclic) bond motifs is 1. The number of Topliss-reactive ketones (excluding diaryl/α,β-unsaturated/α-hetero) is 1. The fraction of sp³-hybridized carbons (Fsp3) is 0.100. The number of carbonyl (C=O) groups is 2. The second kappa shape index (κ2) is 7.94. The first-order valence-electron chi connectivity index (χ1n) is 8.13. The Morgan fingerprint density at radius 2 is 1.59 bits per heavy atom. The summed E-state index contributed by atoms with van der Waals surface area (Å²) in [6.45, 7) is 1.39. The van der Waals surface area contributed by atoms with Gasteiger partial charge in [-0.25, -0.2) is 8.42 Å². The van der Waals surface area contributed by atoms with E-state index in [1.165, 1.54) is 31.2 Å². The van der Waals surface area contributed by atoms with Crippen molar-refractivity contribution in [3.63, 3.8) is 0 Å². The lowest BCUT2D eigenvalue weighted by Gasteiger charge is -2.09. The van der Waals surface area contributed by atoms with E-state index in [1.54, 1.807) is 12.1 Å². The van der Waals surface area contributed by atoms with Crippen molar-refractivity contribution in [1.29, 1.82) is 0 Å². The Balaban J connectivity index is 1.77. The molecule has 0 radical (unpaired) electrons. The minimum absolute atomic E-state index is 0.0385. The van der Waals surface area contributed by atoms with Crippen LogP contribution < -0.4 is 4.72 Å². The summed E-state index contributed by atoms with van der Waals surface area (Å²) in [6.07, 6.45) is 0. The highest BCUT2D eigenvalue weighted by atomic mass is 32.2. The molecule has 0 heterocycles. The number of hydrogen-bond donors (Lipinski definition) is 1. The molecule has 3 aromatic carbocycles. The van der Waals surface area contributed by atoms with Gasteiger partial charge in [0.15, 0.2) is 10.9 Å². The van der Waals surface area contributed by atoms with Gasteiger partial charge in [0.1, 0.15) is 0 Å². The minimum Gasteiger partial charge on any atom is -0.293 e. The largest absolute Gasteiger partial charge is 0.293 e. The SMILES string of the molecule is CC(=O)SCC(=O)c1ccc(S(=O)(=O)Nc2ccc3ccccc3c2)cc1. The lowest BCUT2D eigenvalue weighted by atomic mass is 10.1. The molecule has 7 heteroatoms. The minimum atomic E-state index is -3.77. The third kappa shape index (κ3) is 4.75. The number of sulfonamides is 1. The van der Waals surface area contributed by atoms with Crippen molar-refractivity contribution in [3.8, 4) is 0 Å². The first-order valence-corrected chi connectivity index (χ1v) is 10.6. The lowest BCUT2D eigenvalue weighted by Crippen LogP contribution is -2.13. The highest BCUT2D eigenvalue weighted by Gasteiger charge is 2.16. The van der Waals surface area contributed by atoms with Crippen LogP contribution in [0, 0.1) is 0 Å². The summed E-state index contributed by atoms with van der Waals surface area (Å²) >= 11 is 0.928. The molecule has 0 fully saturated rings. The smallest absolute Gasteiger partial charge is 0.261 e. The molecule has 0 aliphatic carbocycles. The van der Waals surface area contributed by atoms with Crippen LogP contribution in [-0.2, 0) is 14.8 Å². The van der Waals surface area contributed by atoms with Gasteiger partial charge in [-0.3, -0.25) is 14.3 Å². The fourth-order valence-corrected chi connectivity index (χ4v) is 4.09. The van der Waals surface area contributed by atoms with E-state index in [-0.39, 0.29) is 21.5 Å². The zero-order valence-corrected chi connectivity index (χ0v) is 16.1. The van der Waals surface area contributed by atoms with E-state index in [4.69, 9.17) is 0 Å². The second-order valence-electron chi connectivity index (χ2n) is 5.90. The summed E-state index contributed by atoms with van der Waals surface area (Å²) in [7, 11) is -3.77. The molecule has 0 amide bonds. The fourth-order valence-electron chi connectivity index (χ4n) is 2.54. The van der Waals surface area contributed by atoms with Crippen LogP contribution in [0.15, 0.2) is 71.6 Å². The van der Waals surface area contributed by atoms with Gasteiger partial charge < -0.3 is 0 Å². The van der Waals surface area contributed by atoms with E-state index < -0.39 is 10.0 Å². The maximum Gasteiger partial charge on any atom is 0.261 e. The normalized spacial score (nSPS) is 11.3. The molecule has 0 atom stereocenters. The summed E-state index contributed by atoms with van der Waals surface area (Å²) in [4.78, 5) is 23.0. The van der Waals surface area contributed by atoms with Gasteiger partial charge in [0.25, 0.3) is 10.0 Å². The van der Waals surface area contributed by atoms with Crippen LogP contribution in [0.1, 0.15) is 17.3 Å². The molecule has 138 valence electrons. The second-order valence-corrected chi connectivity index (χ2v) is 8.73. The number of nitrogens with one attached hydrogen (secondary N) is 1. The molecule has 0 spiro atoms. The Kier molecular flexibility index (Phi) is 5.62. The van der Waals surface area contributed by atoms with Gasteiger partial charge in [-0.15, -0.1) is 0 Å². The van der Waals surface area contributed by atoms with Crippen molar-refractivity contribution < 1.29 is 18.0 Å². The predicted molar refractivity (Wildman–Crippen MR) is 109 cm³/mol. The zero-order valence-electron chi connectivity index (χ0n) is 14.5. The van der Waals surface area contributed by atoms with Gasteiger partial charge in [-0.05, 0) is 35.0 Å². The zero-order chi connectivity index (χ0) is 19.4. The van der Waals surface area contributed by atoms with Gasteiger partial charge in [0.2, 0.25) is 0 Å². The first kappa shape index (κ1) is 19.1. The first-order chi connectivity index (χ1) is 12.8. The average molecular weight is 399 g/mol. The molecule has 5 nitrogen and oxygen atoms in total. The third-order valence-electron chi connectivity index (χ3n) is 3.89. The summed E-state index contributed by atoms with van der Waals surface area (Å²) in [5, 5.41) is 1.82. The van der Waals surface area contributed by atoms with Gasteiger partial charge in [-0.1, -0.05) is 54.2 Å². The Hall–Kier alpha value is -2.64. The standard InChI is InChI=1S/C20H17NO4S2/c1-14(22)26-13-20(23)16-7-10-19(11-8-16)27(24,25)21-18-9-6-15-4-2-3-5-17(15)12-18/h2-12,21H,13H2,1H3. The van der Waals surface area contributed by atoms with Crippen LogP contribution in [0.25, 0.3) is 10.8 Å². The highest BCUT2D eigenvalue weighted by molar-refractivity contribution is 8.14. The van der Waals surface area contributed by atoms with Crippen molar-refractivity contribution in [2.45, 2.75) is 11.8 Å².